The van der Waals surface area contributed by atoms with E-state index in [-0.39, 0.29) is 6.10 Å². The zero-order valence-corrected chi connectivity index (χ0v) is 9.41. The minimum absolute atomic E-state index is 0.258. The lowest BCUT2D eigenvalue weighted by atomic mass is 9.95. The molecular weight excluding hydrogens is 212 g/mol. The Bertz CT molecular complexity index is 507. The Balaban J connectivity index is 1.95. The van der Waals surface area contributed by atoms with E-state index in [1.54, 1.807) is 0 Å². The van der Waals surface area contributed by atoms with Crippen LogP contribution in [0.25, 0.3) is 0 Å². The third-order valence-electron chi connectivity index (χ3n) is 3.13. The second kappa shape index (κ2) is 4.22. The summed E-state index contributed by atoms with van der Waals surface area (Å²) in [5.41, 5.74) is 2.10. The third-order valence-corrected chi connectivity index (χ3v) is 3.13. The fourth-order valence-electron chi connectivity index (χ4n) is 2.27. The molecule has 1 aliphatic rings. The van der Waals surface area contributed by atoms with Crippen LogP contribution in [0.4, 0.5) is 0 Å². The summed E-state index contributed by atoms with van der Waals surface area (Å²) in [5.74, 6) is 0.881. The molecule has 1 N–H and O–H groups in total. The van der Waals surface area contributed by atoms with Gasteiger partial charge in [0.1, 0.15) is 11.9 Å². The lowest BCUT2D eigenvalue weighted by Gasteiger charge is -2.30. The molecule has 2 aromatic carbocycles. The zero-order valence-electron chi connectivity index (χ0n) is 9.41. The SMILES string of the molecule is O[C@H]1Cc2ccccc2OC1c1ccccc1. The number of rotatable bonds is 1. The van der Waals surface area contributed by atoms with Gasteiger partial charge in [0, 0.05) is 6.42 Å². The van der Waals surface area contributed by atoms with Gasteiger partial charge in [-0.15, -0.1) is 0 Å². The average Bonchev–Trinajstić information content (AvgIpc) is 2.39. The molecule has 2 atom stereocenters. The van der Waals surface area contributed by atoms with Crippen LogP contribution in [0.2, 0.25) is 0 Å². The van der Waals surface area contributed by atoms with Crippen molar-refractivity contribution in [3.8, 4) is 5.75 Å². The van der Waals surface area contributed by atoms with E-state index in [0.717, 1.165) is 16.9 Å². The van der Waals surface area contributed by atoms with Gasteiger partial charge in [0.2, 0.25) is 0 Å². The van der Waals surface area contributed by atoms with Crippen LogP contribution in [-0.4, -0.2) is 11.2 Å². The zero-order chi connectivity index (χ0) is 11.7. The van der Waals surface area contributed by atoms with Gasteiger partial charge in [0.25, 0.3) is 0 Å². The van der Waals surface area contributed by atoms with Gasteiger partial charge < -0.3 is 9.84 Å². The van der Waals surface area contributed by atoms with E-state index in [2.05, 4.69) is 0 Å². The maximum atomic E-state index is 10.1. The van der Waals surface area contributed by atoms with Crippen LogP contribution in [0.15, 0.2) is 54.6 Å². The number of para-hydroxylation sites is 1. The Morgan fingerprint density at radius 1 is 0.941 bits per heavy atom. The summed E-state index contributed by atoms with van der Waals surface area (Å²) in [4.78, 5) is 0. The molecule has 3 rings (SSSR count). The van der Waals surface area contributed by atoms with Gasteiger partial charge in [-0.1, -0.05) is 48.5 Å². The van der Waals surface area contributed by atoms with Gasteiger partial charge in [0.15, 0.2) is 0 Å². The van der Waals surface area contributed by atoms with Crippen molar-refractivity contribution in [2.45, 2.75) is 18.6 Å². The van der Waals surface area contributed by atoms with Gasteiger partial charge in [-0.05, 0) is 17.2 Å². The van der Waals surface area contributed by atoms with Crippen LogP contribution in [0.3, 0.4) is 0 Å². The molecule has 0 radical (unpaired) electrons. The van der Waals surface area contributed by atoms with Crippen LogP contribution in [0, 0.1) is 0 Å². The van der Waals surface area contributed by atoms with Crippen molar-refractivity contribution >= 4 is 0 Å². The van der Waals surface area contributed by atoms with Crippen molar-refractivity contribution < 1.29 is 9.84 Å². The predicted octanol–water partition coefficient (Wildman–Crippen LogP) is 2.72. The highest BCUT2D eigenvalue weighted by molar-refractivity contribution is 5.37. The number of aliphatic hydroxyl groups excluding tert-OH is 1. The third kappa shape index (κ3) is 1.92. The summed E-state index contributed by atoms with van der Waals surface area (Å²) in [6.07, 6.45) is -0.0890. The number of ether oxygens (including phenoxy) is 1. The minimum Gasteiger partial charge on any atom is -0.483 e. The Morgan fingerprint density at radius 2 is 1.65 bits per heavy atom. The predicted molar refractivity (Wildman–Crippen MR) is 66.0 cm³/mol. The van der Waals surface area contributed by atoms with Gasteiger partial charge in [0.05, 0.1) is 6.10 Å². The van der Waals surface area contributed by atoms with E-state index < -0.39 is 6.10 Å². The maximum Gasteiger partial charge on any atom is 0.150 e. The maximum absolute atomic E-state index is 10.1. The molecule has 0 bridgehead atoms. The smallest absolute Gasteiger partial charge is 0.150 e. The molecule has 0 saturated heterocycles. The number of fused-ring (bicyclic) bond motifs is 1. The normalized spacial score (nSPS) is 22.6. The van der Waals surface area contributed by atoms with E-state index in [1.165, 1.54) is 0 Å². The number of aliphatic hydroxyl groups is 1. The molecule has 0 amide bonds. The number of hydrogen-bond acceptors (Lipinski definition) is 2. The largest absolute Gasteiger partial charge is 0.483 e. The monoisotopic (exact) mass is 226 g/mol. The summed E-state index contributed by atoms with van der Waals surface area (Å²) >= 11 is 0. The first kappa shape index (κ1) is 10.4. The molecule has 2 heteroatoms. The van der Waals surface area contributed by atoms with Crippen molar-refractivity contribution in [3.63, 3.8) is 0 Å². The highest BCUT2D eigenvalue weighted by atomic mass is 16.5. The lowest BCUT2D eigenvalue weighted by molar-refractivity contribution is 0.0208. The van der Waals surface area contributed by atoms with Crippen LogP contribution in [-0.2, 0) is 6.42 Å². The number of hydrogen-bond donors (Lipinski definition) is 1. The molecule has 1 aliphatic heterocycles. The Morgan fingerprint density at radius 3 is 2.47 bits per heavy atom. The number of benzene rings is 2. The Hall–Kier alpha value is -1.80. The first-order chi connectivity index (χ1) is 8.34. The highest BCUT2D eigenvalue weighted by Gasteiger charge is 2.29. The van der Waals surface area contributed by atoms with Gasteiger partial charge in [-0.25, -0.2) is 0 Å². The standard InChI is InChI=1S/C15H14O2/c16-13-10-12-8-4-5-9-14(12)17-15(13)11-6-2-1-3-7-11/h1-9,13,15-16H,10H2/t13-,15?/m0/s1. The quantitative estimate of drug-likeness (QED) is 0.810. The highest BCUT2D eigenvalue weighted by Crippen LogP contribution is 2.34. The fourth-order valence-corrected chi connectivity index (χ4v) is 2.27. The molecule has 1 unspecified atom stereocenters. The molecule has 0 saturated carbocycles. The summed E-state index contributed by atoms with van der Waals surface area (Å²) in [7, 11) is 0. The van der Waals surface area contributed by atoms with Crippen LogP contribution in [0.1, 0.15) is 17.2 Å². The average molecular weight is 226 g/mol. The van der Waals surface area contributed by atoms with E-state index >= 15 is 0 Å². The molecule has 0 fully saturated rings. The van der Waals surface area contributed by atoms with Crippen LogP contribution in [0.5, 0.6) is 5.75 Å². The van der Waals surface area contributed by atoms with E-state index in [0.29, 0.717) is 6.42 Å². The Labute approximate surface area is 100 Å². The molecular formula is C15H14O2. The van der Waals surface area contributed by atoms with Crippen molar-refractivity contribution in [2.24, 2.45) is 0 Å². The lowest BCUT2D eigenvalue weighted by Crippen LogP contribution is -2.30. The fraction of sp³-hybridized carbons (Fsp3) is 0.200. The van der Waals surface area contributed by atoms with Crippen molar-refractivity contribution in [2.75, 3.05) is 0 Å². The molecule has 2 nitrogen and oxygen atoms in total. The van der Waals surface area contributed by atoms with Crippen LogP contribution >= 0.6 is 0 Å². The molecule has 1 heterocycles. The van der Waals surface area contributed by atoms with E-state index in [9.17, 15) is 5.11 Å². The molecule has 0 spiro atoms. The minimum atomic E-state index is -0.479. The summed E-state index contributed by atoms with van der Waals surface area (Å²) in [6, 6.07) is 17.8. The van der Waals surface area contributed by atoms with E-state index in [4.69, 9.17) is 4.74 Å². The first-order valence-corrected chi connectivity index (χ1v) is 5.82. The van der Waals surface area contributed by atoms with E-state index in [1.807, 2.05) is 54.6 Å². The second-order valence-electron chi connectivity index (χ2n) is 4.33. The van der Waals surface area contributed by atoms with Gasteiger partial charge in [-0.2, -0.15) is 0 Å². The second-order valence-corrected chi connectivity index (χ2v) is 4.33. The van der Waals surface area contributed by atoms with Crippen molar-refractivity contribution in [1.82, 2.24) is 0 Å². The summed E-state index contributed by atoms with van der Waals surface area (Å²) in [5, 5.41) is 10.1. The molecule has 17 heavy (non-hydrogen) atoms. The summed E-state index contributed by atoms with van der Waals surface area (Å²) in [6.45, 7) is 0. The molecule has 0 aromatic heterocycles. The molecule has 86 valence electrons. The van der Waals surface area contributed by atoms with Crippen molar-refractivity contribution in [1.29, 1.82) is 0 Å². The van der Waals surface area contributed by atoms with Crippen molar-refractivity contribution in [3.05, 3.63) is 65.7 Å². The Kier molecular flexibility index (Phi) is 2.57. The topological polar surface area (TPSA) is 29.5 Å². The molecule has 0 aliphatic carbocycles. The van der Waals surface area contributed by atoms with Gasteiger partial charge >= 0.3 is 0 Å². The van der Waals surface area contributed by atoms with Crippen LogP contribution < -0.4 is 4.74 Å². The first-order valence-electron chi connectivity index (χ1n) is 5.82. The summed E-state index contributed by atoms with van der Waals surface area (Å²) < 4.78 is 5.88. The van der Waals surface area contributed by atoms with Gasteiger partial charge in [-0.3, -0.25) is 0 Å². The molecule has 2 aromatic rings.